The standard InChI is InChI=1S/C14H11F4N3OS/c1-8(12(22)20-10-5-3-2-4-9(10)15)23-13-19-7-6-11(21-13)14(16,17)18/h2-8H,1H3,(H,20,22)/t8-/m0/s1. The number of carbonyl (C=O) groups excluding carboxylic acids is 1. The van der Waals surface area contributed by atoms with E-state index in [2.05, 4.69) is 15.3 Å². The molecule has 1 atom stereocenters. The van der Waals surface area contributed by atoms with Crippen LogP contribution in [-0.2, 0) is 11.0 Å². The number of nitrogens with one attached hydrogen (secondary N) is 1. The van der Waals surface area contributed by atoms with E-state index in [1.54, 1.807) is 6.07 Å². The maximum absolute atomic E-state index is 13.5. The van der Waals surface area contributed by atoms with Gasteiger partial charge in [0, 0.05) is 6.20 Å². The van der Waals surface area contributed by atoms with Gasteiger partial charge in [-0.15, -0.1) is 0 Å². The fourth-order valence-corrected chi connectivity index (χ4v) is 2.32. The lowest BCUT2D eigenvalue weighted by atomic mass is 10.3. The molecule has 23 heavy (non-hydrogen) atoms. The molecule has 0 aliphatic carbocycles. The van der Waals surface area contributed by atoms with Crippen molar-refractivity contribution in [2.24, 2.45) is 0 Å². The number of aromatic nitrogens is 2. The molecule has 0 bridgehead atoms. The molecule has 0 radical (unpaired) electrons. The molecule has 0 fully saturated rings. The molecule has 0 aliphatic heterocycles. The third-order valence-electron chi connectivity index (χ3n) is 2.71. The average Bonchev–Trinajstić information content (AvgIpc) is 2.49. The number of para-hydroxylation sites is 1. The van der Waals surface area contributed by atoms with Gasteiger partial charge in [-0.2, -0.15) is 13.2 Å². The van der Waals surface area contributed by atoms with Crippen molar-refractivity contribution in [3.05, 3.63) is 48.0 Å². The van der Waals surface area contributed by atoms with Crippen molar-refractivity contribution in [3.63, 3.8) is 0 Å². The van der Waals surface area contributed by atoms with Crippen molar-refractivity contribution in [1.29, 1.82) is 0 Å². The minimum absolute atomic E-state index is 0.00471. The number of benzene rings is 1. The summed E-state index contributed by atoms with van der Waals surface area (Å²) < 4.78 is 51.2. The minimum atomic E-state index is -4.59. The van der Waals surface area contributed by atoms with Gasteiger partial charge in [-0.1, -0.05) is 23.9 Å². The molecule has 1 heterocycles. The van der Waals surface area contributed by atoms with E-state index in [-0.39, 0.29) is 10.8 Å². The van der Waals surface area contributed by atoms with Crippen LogP contribution in [0.3, 0.4) is 0 Å². The zero-order chi connectivity index (χ0) is 17.0. The first-order chi connectivity index (χ1) is 10.8. The second-order valence-corrected chi connectivity index (χ2v) is 5.76. The number of nitrogens with zero attached hydrogens (tertiary/aromatic N) is 2. The van der Waals surface area contributed by atoms with Crippen LogP contribution in [0.2, 0.25) is 0 Å². The molecule has 1 amide bonds. The molecule has 9 heteroatoms. The molecular formula is C14H11F4N3OS. The average molecular weight is 345 g/mol. The molecule has 4 nitrogen and oxygen atoms in total. The molecule has 2 rings (SSSR count). The fraction of sp³-hybridized carbons (Fsp3) is 0.214. The second-order valence-electron chi connectivity index (χ2n) is 4.45. The normalized spacial score (nSPS) is 12.7. The highest BCUT2D eigenvalue weighted by Gasteiger charge is 2.33. The molecule has 0 spiro atoms. The number of carbonyl (C=O) groups is 1. The van der Waals surface area contributed by atoms with E-state index < -0.39 is 28.8 Å². The Bertz CT molecular complexity index is 708. The van der Waals surface area contributed by atoms with Crippen molar-refractivity contribution >= 4 is 23.4 Å². The minimum Gasteiger partial charge on any atom is -0.323 e. The lowest BCUT2D eigenvalue weighted by Crippen LogP contribution is -2.23. The lowest BCUT2D eigenvalue weighted by molar-refractivity contribution is -0.141. The molecule has 0 aliphatic rings. The summed E-state index contributed by atoms with van der Waals surface area (Å²) in [5.41, 5.74) is -1.09. The van der Waals surface area contributed by atoms with Crippen molar-refractivity contribution in [3.8, 4) is 0 Å². The van der Waals surface area contributed by atoms with Crippen LogP contribution in [0, 0.1) is 5.82 Å². The fourth-order valence-electron chi connectivity index (χ4n) is 1.56. The van der Waals surface area contributed by atoms with Gasteiger partial charge in [0.15, 0.2) is 5.16 Å². The van der Waals surface area contributed by atoms with Crippen LogP contribution in [-0.4, -0.2) is 21.1 Å². The summed E-state index contributed by atoms with van der Waals surface area (Å²) in [5, 5.41) is 1.37. The molecule has 0 saturated heterocycles. The van der Waals surface area contributed by atoms with Gasteiger partial charge in [0.25, 0.3) is 0 Å². The smallest absolute Gasteiger partial charge is 0.323 e. The Morgan fingerprint density at radius 2 is 1.96 bits per heavy atom. The first kappa shape index (κ1) is 17.2. The van der Waals surface area contributed by atoms with Gasteiger partial charge >= 0.3 is 6.18 Å². The highest BCUT2D eigenvalue weighted by molar-refractivity contribution is 8.00. The predicted octanol–water partition coefficient (Wildman–Crippen LogP) is 3.75. The molecule has 1 aromatic carbocycles. The SMILES string of the molecule is C[C@H](Sc1nccc(C(F)(F)F)n1)C(=O)Nc1ccccc1F. The molecule has 122 valence electrons. The maximum atomic E-state index is 13.5. The Hall–Kier alpha value is -2.16. The summed E-state index contributed by atoms with van der Waals surface area (Å²) in [6.45, 7) is 1.46. The number of thioether (sulfide) groups is 1. The Morgan fingerprint density at radius 1 is 1.26 bits per heavy atom. The monoisotopic (exact) mass is 345 g/mol. The first-order valence-electron chi connectivity index (χ1n) is 6.39. The highest BCUT2D eigenvalue weighted by Crippen LogP contribution is 2.29. The van der Waals surface area contributed by atoms with Gasteiger partial charge < -0.3 is 5.32 Å². The van der Waals surface area contributed by atoms with Gasteiger partial charge in [0.2, 0.25) is 5.91 Å². The summed E-state index contributed by atoms with van der Waals surface area (Å²) >= 11 is 0.750. The second kappa shape index (κ2) is 6.95. The largest absolute Gasteiger partial charge is 0.433 e. The van der Waals surface area contributed by atoms with Crippen molar-refractivity contribution in [1.82, 2.24) is 9.97 Å². The molecule has 2 aromatic rings. The maximum Gasteiger partial charge on any atom is 0.433 e. The van der Waals surface area contributed by atoms with E-state index in [1.807, 2.05) is 0 Å². The third kappa shape index (κ3) is 4.65. The van der Waals surface area contributed by atoms with Gasteiger partial charge in [-0.3, -0.25) is 4.79 Å². The van der Waals surface area contributed by atoms with E-state index in [9.17, 15) is 22.4 Å². The third-order valence-corrected chi connectivity index (χ3v) is 3.68. The van der Waals surface area contributed by atoms with E-state index in [0.717, 1.165) is 24.0 Å². The summed E-state index contributed by atoms with van der Waals surface area (Å²) in [5.74, 6) is -1.17. The number of alkyl halides is 3. The van der Waals surface area contributed by atoms with Gasteiger partial charge in [-0.25, -0.2) is 14.4 Å². The summed E-state index contributed by atoms with van der Waals surface area (Å²) in [4.78, 5) is 19.0. The summed E-state index contributed by atoms with van der Waals surface area (Å²) in [6.07, 6.45) is -3.61. The van der Waals surface area contributed by atoms with Crippen LogP contribution in [0.15, 0.2) is 41.7 Å². The van der Waals surface area contributed by atoms with Gasteiger partial charge in [0.05, 0.1) is 10.9 Å². The van der Waals surface area contributed by atoms with Crippen LogP contribution in [0.1, 0.15) is 12.6 Å². The lowest BCUT2D eigenvalue weighted by Gasteiger charge is -2.12. The van der Waals surface area contributed by atoms with Crippen molar-refractivity contribution in [2.75, 3.05) is 5.32 Å². The van der Waals surface area contributed by atoms with Crippen molar-refractivity contribution < 1.29 is 22.4 Å². The zero-order valence-corrected chi connectivity index (χ0v) is 12.6. The van der Waals surface area contributed by atoms with Crippen molar-refractivity contribution in [2.45, 2.75) is 23.5 Å². The molecule has 0 unspecified atom stereocenters. The quantitative estimate of drug-likeness (QED) is 0.521. The van der Waals surface area contributed by atoms with Crippen LogP contribution >= 0.6 is 11.8 Å². The highest BCUT2D eigenvalue weighted by atomic mass is 32.2. The Morgan fingerprint density at radius 3 is 2.61 bits per heavy atom. The number of hydrogen-bond acceptors (Lipinski definition) is 4. The van der Waals surface area contributed by atoms with Crippen LogP contribution in [0.25, 0.3) is 0 Å². The molecule has 1 aromatic heterocycles. The van der Waals surface area contributed by atoms with Crippen LogP contribution < -0.4 is 5.32 Å². The van der Waals surface area contributed by atoms with E-state index in [1.165, 1.54) is 25.1 Å². The molecular weight excluding hydrogens is 334 g/mol. The number of amides is 1. The number of rotatable bonds is 4. The number of halogens is 4. The summed E-state index contributed by atoms with van der Waals surface area (Å²) in [7, 11) is 0. The van der Waals surface area contributed by atoms with Crippen LogP contribution in [0.4, 0.5) is 23.2 Å². The van der Waals surface area contributed by atoms with E-state index in [0.29, 0.717) is 0 Å². The number of anilines is 1. The van der Waals surface area contributed by atoms with Gasteiger partial charge in [0.1, 0.15) is 11.5 Å². The molecule has 0 saturated carbocycles. The van der Waals surface area contributed by atoms with Crippen LogP contribution in [0.5, 0.6) is 0 Å². The first-order valence-corrected chi connectivity index (χ1v) is 7.27. The predicted molar refractivity (Wildman–Crippen MR) is 77.4 cm³/mol. The topological polar surface area (TPSA) is 54.9 Å². The van der Waals surface area contributed by atoms with E-state index >= 15 is 0 Å². The molecule has 1 N–H and O–H groups in total. The Kier molecular flexibility index (Phi) is 5.19. The summed E-state index contributed by atoms with van der Waals surface area (Å²) in [6, 6.07) is 6.33. The zero-order valence-electron chi connectivity index (χ0n) is 11.8. The van der Waals surface area contributed by atoms with Gasteiger partial charge in [-0.05, 0) is 25.1 Å². The number of hydrogen-bond donors (Lipinski definition) is 1. The Labute approximate surface area is 133 Å². The Balaban J connectivity index is 2.05. The van der Waals surface area contributed by atoms with E-state index in [4.69, 9.17) is 0 Å².